The van der Waals surface area contributed by atoms with E-state index in [9.17, 15) is 13.9 Å². The van der Waals surface area contributed by atoms with Crippen LogP contribution in [-0.4, -0.2) is 31.4 Å². The number of nitrogens with one attached hydrogen (secondary N) is 1. The van der Waals surface area contributed by atoms with Crippen LogP contribution in [0.25, 0.3) is 0 Å². The monoisotopic (exact) mass is 217 g/mol. The summed E-state index contributed by atoms with van der Waals surface area (Å²) in [7, 11) is 1.68. The Morgan fingerprint density at radius 3 is 2.80 bits per heavy atom. The van der Waals surface area contributed by atoms with Gasteiger partial charge in [-0.05, 0) is 19.2 Å². The van der Waals surface area contributed by atoms with Gasteiger partial charge < -0.3 is 15.2 Å². The van der Waals surface area contributed by atoms with E-state index in [1.165, 1.54) is 6.07 Å². The molecule has 0 fully saturated rings. The zero-order valence-electron chi connectivity index (χ0n) is 8.34. The summed E-state index contributed by atoms with van der Waals surface area (Å²) in [6.45, 7) is 0.312. The number of rotatable bonds is 5. The highest BCUT2D eigenvalue weighted by Gasteiger charge is 2.08. The van der Waals surface area contributed by atoms with Gasteiger partial charge in [0.05, 0.1) is 0 Å². The fraction of sp³-hybridized carbons (Fsp3) is 0.400. The van der Waals surface area contributed by atoms with E-state index < -0.39 is 17.7 Å². The Kier molecular flexibility index (Phi) is 4.45. The summed E-state index contributed by atoms with van der Waals surface area (Å²) >= 11 is 0. The van der Waals surface area contributed by atoms with Crippen LogP contribution in [0, 0.1) is 11.6 Å². The van der Waals surface area contributed by atoms with Gasteiger partial charge in [0.1, 0.15) is 18.5 Å². The Balaban J connectivity index is 2.50. The minimum Gasteiger partial charge on any atom is -0.488 e. The fourth-order valence-corrected chi connectivity index (χ4v) is 1.07. The van der Waals surface area contributed by atoms with Gasteiger partial charge >= 0.3 is 0 Å². The lowest BCUT2D eigenvalue weighted by Gasteiger charge is -2.12. The van der Waals surface area contributed by atoms with Gasteiger partial charge in [-0.3, -0.25) is 0 Å². The number of likely N-dealkylation sites (N-methyl/N-ethyl adjacent to an activating group) is 1. The molecule has 15 heavy (non-hydrogen) atoms. The second kappa shape index (κ2) is 5.63. The first-order chi connectivity index (χ1) is 7.13. The minimum atomic E-state index is -0.772. The van der Waals surface area contributed by atoms with E-state index in [1.807, 2.05) is 0 Å². The van der Waals surface area contributed by atoms with E-state index in [0.717, 1.165) is 12.1 Å². The molecule has 0 amide bonds. The number of aliphatic hydroxyl groups is 1. The van der Waals surface area contributed by atoms with Crippen LogP contribution in [0.4, 0.5) is 8.78 Å². The molecule has 1 rings (SSSR count). The van der Waals surface area contributed by atoms with Crippen molar-refractivity contribution in [2.24, 2.45) is 0 Å². The summed E-state index contributed by atoms with van der Waals surface area (Å²) < 4.78 is 30.5. The first-order valence-electron chi connectivity index (χ1n) is 4.54. The molecule has 0 spiro atoms. The van der Waals surface area contributed by atoms with Crippen LogP contribution in [0.1, 0.15) is 0 Å². The molecular formula is C10H13F2NO2. The molecule has 0 aliphatic heterocycles. The lowest BCUT2D eigenvalue weighted by atomic mass is 10.3. The molecular weight excluding hydrogens is 204 g/mol. The predicted octanol–water partition coefficient (Wildman–Crippen LogP) is 0.924. The lowest BCUT2D eigenvalue weighted by Crippen LogP contribution is -2.29. The van der Waals surface area contributed by atoms with Crippen LogP contribution in [0.2, 0.25) is 0 Å². The first kappa shape index (κ1) is 11.9. The maximum Gasteiger partial charge on any atom is 0.167 e. The summed E-state index contributed by atoms with van der Waals surface area (Å²) in [6, 6.07) is 3.03. The molecule has 0 aliphatic rings. The van der Waals surface area contributed by atoms with Crippen molar-refractivity contribution < 1.29 is 18.6 Å². The Hall–Kier alpha value is -1.20. The maximum absolute atomic E-state index is 13.0. The van der Waals surface area contributed by atoms with Gasteiger partial charge in [0.25, 0.3) is 0 Å². The molecule has 0 saturated heterocycles. The SMILES string of the molecule is CNCC(O)COc1ccc(F)cc1F. The second-order valence-electron chi connectivity index (χ2n) is 3.10. The number of benzene rings is 1. The average Bonchev–Trinajstić information content (AvgIpc) is 2.17. The van der Waals surface area contributed by atoms with E-state index in [0.29, 0.717) is 6.54 Å². The van der Waals surface area contributed by atoms with E-state index in [1.54, 1.807) is 7.05 Å². The zero-order valence-corrected chi connectivity index (χ0v) is 8.34. The highest BCUT2D eigenvalue weighted by Crippen LogP contribution is 2.17. The van der Waals surface area contributed by atoms with Gasteiger partial charge in [0, 0.05) is 12.6 Å². The molecule has 1 aromatic carbocycles. The summed E-state index contributed by atoms with van der Waals surface area (Å²) in [5.41, 5.74) is 0. The zero-order chi connectivity index (χ0) is 11.3. The van der Waals surface area contributed by atoms with Gasteiger partial charge in [0.2, 0.25) is 0 Å². The molecule has 1 unspecified atom stereocenters. The largest absolute Gasteiger partial charge is 0.488 e. The molecule has 1 atom stereocenters. The van der Waals surface area contributed by atoms with Crippen molar-refractivity contribution in [1.29, 1.82) is 0 Å². The molecule has 0 aliphatic carbocycles. The summed E-state index contributed by atoms with van der Waals surface area (Å²) in [5.74, 6) is -1.49. The molecule has 84 valence electrons. The Bertz CT molecular complexity index is 320. The van der Waals surface area contributed by atoms with Crippen molar-refractivity contribution in [2.45, 2.75) is 6.10 Å². The molecule has 2 N–H and O–H groups in total. The Morgan fingerprint density at radius 1 is 1.47 bits per heavy atom. The Morgan fingerprint density at radius 2 is 2.20 bits per heavy atom. The topological polar surface area (TPSA) is 41.5 Å². The van der Waals surface area contributed by atoms with Crippen molar-refractivity contribution in [3.8, 4) is 5.75 Å². The van der Waals surface area contributed by atoms with Gasteiger partial charge in [-0.25, -0.2) is 8.78 Å². The maximum atomic E-state index is 13.0. The standard InChI is InChI=1S/C10H13F2NO2/c1-13-5-8(14)6-15-10-3-2-7(11)4-9(10)12/h2-4,8,13-14H,5-6H2,1H3. The predicted molar refractivity (Wildman–Crippen MR) is 51.8 cm³/mol. The van der Waals surface area contributed by atoms with Crippen LogP contribution in [-0.2, 0) is 0 Å². The molecule has 0 heterocycles. The molecule has 5 heteroatoms. The number of aliphatic hydroxyl groups excluding tert-OH is 1. The van der Waals surface area contributed by atoms with Crippen molar-refractivity contribution >= 4 is 0 Å². The fourth-order valence-electron chi connectivity index (χ4n) is 1.07. The van der Waals surface area contributed by atoms with Crippen molar-refractivity contribution in [3.63, 3.8) is 0 Å². The molecule has 0 aromatic heterocycles. The molecule has 0 radical (unpaired) electrons. The van der Waals surface area contributed by atoms with Crippen LogP contribution >= 0.6 is 0 Å². The Labute approximate surface area is 86.7 Å². The van der Waals surface area contributed by atoms with Crippen LogP contribution in [0.3, 0.4) is 0 Å². The van der Waals surface area contributed by atoms with Gasteiger partial charge in [-0.2, -0.15) is 0 Å². The van der Waals surface area contributed by atoms with E-state index in [2.05, 4.69) is 5.32 Å². The number of ether oxygens (including phenoxy) is 1. The smallest absolute Gasteiger partial charge is 0.167 e. The first-order valence-corrected chi connectivity index (χ1v) is 4.54. The lowest BCUT2D eigenvalue weighted by molar-refractivity contribution is 0.106. The highest BCUT2D eigenvalue weighted by atomic mass is 19.1. The molecule has 1 aromatic rings. The average molecular weight is 217 g/mol. The second-order valence-corrected chi connectivity index (χ2v) is 3.10. The van der Waals surface area contributed by atoms with Gasteiger partial charge in [-0.1, -0.05) is 0 Å². The van der Waals surface area contributed by atoms with Crippen molar-refractivity contribution in [1.82, 2.24) is 5.32 Å². The van der Waals surface area contributed by atoms with Crippen molar-refractivity contribution in [3.05, 3.63) is 29.8 Å². The van der Waals surface area contributed by atoms with Gasteiger partial charge in [-0.15, -0.1) is 0 Å². The summed E-state index contributed by atoms with van der Waals surface area (Å²) in [5, 5.41) is 12.0. The third-order valence-corrected chi connectivity index (χ3v) is 1.76. The highest BCUT2D eigenvalue weighted by molar-refractivity contribution is 5.24. The summed E-state index contributed by atoms with van der Waals surface area (Å²) in [6.07, 6.45) is -0.723. The number of hydrogen-bond acceptors (Lipinski definition) is 3. The van der Waals surface area contributed by atoms with Crippen molar-refractivity contribution in [2.75, 3.05) is 20.2 Å². The quantitative estimate of drug-likeness (QED) is 0.770. The third-order valence-electron chi connectivity index (χ3n) is 1.76. The number of hydrogen-bond donors (Lipinski definition) is 2. The van der Waals surface area contributed by atoms with Crippen LogP contribution in [0.5, 0.6) is 5.75 Å². The van der Waals surface area contributed by atoms with Crippen LogP contribution in [0.15, 0.2) is 18.2 Å². The molecule has 3 nitrogen and oxygen atoms in total. The third kappa shape index (κ3) is 3.81. The van der Waals surface area contributed by atoms with E-state index in [-0.39, 0.29) is 12.4 Å². The number of halogens is 2. The minimum absolute atomic E-state index is 0.0383. The van der Waals surface area contributed by atoms with E-state index in [4.69, 9.17) is 4.74 Å². The molecule has 0 bridgehead atoms. The van der Waals surface area contributed by atoms with Gasteiger partial charge in [0.15, 0.2) is 11.6 Å². The normalized spacial score (nSPS) is 12.5. The molecule has 0 saturated carbocycles. The van der Waals surface area contributed by atoms with Crippen LogP contribution < -0.4 is 10.1 Å². The van der Waals surface area contributed by atoms with E-state index >= 15 is 0 Å². The summed E-state index contributed by atoms with van der Waals surface area (Å²) in [4.78, 5) is 0.